The summed E-state index contributed by atoms with van der Waals surface area (Å²) >= 11 is 0. The second-order valence-electron chi connectivity index (χ2n) is 7.00. The van der Waals surface area contributed by atoms with Gasteiger partial charge in [-0.15, -0.1) is 0 Å². The lowest BCUT2D eigenvalue weighted by Crippen LogP contribution is -2.19. The third-order valence-electron chi connectivity index (χ3n) is 5.13. The highest BCUT2D eigenvalue weighted by molar-refractivity contribution is 6.03. The number of benzene rings is 2. The van der Waals surface area contributed by atoms with Crippen LogP contribution in [0, 0.1) is 0 Å². The van der Waals surface area contributed by atoms with E-state index in [2.05, 4.69) is 10.4 Å². The van der Waals surface area contributed by atoms with Crippen molar-refractivity contribution in [3.8, 4) is 0 Å². The molecule has 30 heavy (non-hydrogen) atoms. The third-order valence-corrected chi connectivity index (χ3v) is 5.13. The summed E-state index contributed by atoms with van der Waals surface area (Å²) in [5.74, 6) is -0.917. The molecule has 0 bridgehead atoms. The zero-order valence-electron chi connectivity index (χ0n) is 16.9. The van der Waals surface area contributed by atoms with Crippen LogP contribution in [0.3, 0.4) is 0 Å². The van der Waals surface area contributed by atoms with Crippen LogP contribution in [0.15, 0.2) is 42.5 Å². The van der Waals surface area contributed by atoms with Gasteiger partial charge in [-0.25, -0.2) is 14.3 Å². The van der Waals surface area contributed by atoms with Gasteiger partial charge in [0.2, 0.25) is 0 Å². The van der Waals surface area contributed by atoms with Gasteiger partial charge in [0.05, 0.1) is 31.0 Å². The van der Waals surface area contributed by atoms with Crippen LogP contribution < -0.4 is 5.32 Å². The molecule has 3 aromatic rings. The van der Waals surface area contributed by atoms with E-state index in [0.717, 1.165) is 30.5 Å². The molecule has 0 spiro atoms. The van der Waals surface area contributed by atoms with Gasteiger partial charge in [0.25, 0.3) is 0 Å². The highest BCUT2D eigenvalue weighted by Gasteiger charge is 2.24. The number of rotatable bonds is 5. The molecule has 1 unspecified atom stereocenters. The molecule has 8 nitrogen and oxygen atoms in total. The molecule has 1 aliphatic rings. The molecule has 0 saturated carbocycles. The summed E-state index contributed by atoms with van der Waals surface area (Å²) in [7, 11) is 2.69. The molecule has 4 rings (SSSR count). The van der Waals surface area contributed by atoms with Crippen molar-refractivity contribution in [1.82, 2.24) is 9.78 Å². The molecule has 1 atom stereocenters. The fourth-order valence-corrected chi connectivity index (χ4v) is 3.63. The third kappa shape index (κ3) is 3.73. The van der Waals surface area contributed by atoms with Gasteiger partial charge < -0.3 is 19.5 Å². The number of ether oxygens (including phenoxy) is 3. The van der Waals surface area contributed by atoms with Gasteiger partial charge in [0.1, 0.15) is 0 Å². The highest BCUT2D eigenvalue weighted by Crippen LogP contribution is 2.31. The lowest BCUT2D eigenvalue weighted by atomic mass is 10.1. The maximum Gasteiger partial charge on any atom is 0.359 e. The Labute approximate surface area is 173 Å². The van der Waals surface area contributed by atoms with Gasteiger partial charge in [-0.2, -0.15) is 5.10 Å². The van der Waals surface area contributed by atoms with E-state index in [1.807, 2.05) is 24.3 Å². The molecule has 2 heterocycles. The number of nitrogens with one attached hydrogen (secondary N) is 1. The molecule has 2 aromatic carbocycles. The Morgan fingerprint density at radius 1 is 1.10 bits per heavy atom. The Hall–Kier alpha value is -3.39. The number of esters is 2. The minimum Gasteiger partial charge on any atom is -0.465 e. The van der Waals surface area contributed by atoms with E-state index in [4.69, 9.17) is 14.2 Å². The summed E-state index contributed by atoms with van der Waals surface area (Å²) in [6.45, 7) is 0.657. The summed E-state index contributed by atoms with van der Waals surface area (Å²) in [6.07, 6.45) is 2.62. The first-order valence-electron chi connectivity index (χ1n) is 9.79. The normalized spacial score (nSPS) is 16.3. The number of anilines is 2. The predicted octanol–water partition coefficient (Wildman–Crippen LogP) is 4.05. The maximum absolute atomic E-state index is 12.2. The van der Waals surface area contributed by atoms with E-state index >= 15 is 0 Å². The Kier molecular flexibility index (Phi) is 5.67. The summed E-state index contributed by atoms with van der Waals surface area (Å²) in [5, 5.41) is 8.45. The second kappa shape index (κ2) is 8.54. The number of hydrogen-bond donors (Lipinski definition) is 1. The summed E-state index contributed by atoms with van der Waals surface area (Å²) < 4.78 is 17.4. The molecule has 8 heteroatoms. The van der Waals surface area contributed by atoms with Crippen molar-refractivity contribution >= 4 is 34.2 Å². The number of carbonyl (C=O) groups excluding carboxylic acids is 2. The van der Waals surface area contributed by atoms with Crippen LogP contribution in [0.25, 0.3) is 10.9 Å². The number of nitrogens with zero attached hydrogens (tertiary/aromatic N) is 2. The first-order valence-corrected chi connectivity index (χ1v) is 9.79. The number of fused-ring (bicyclic) bond motifs is 1. The predicted molar refractivity (Wildman–Crippen MR) is 111 cm³/mol. The fourth-order valence-electron chi connectivity index (χ4n) is 3.63. The number of carbonyl (C=O) groups is 2. The van der Waals surface area contributed by atoms with Crippen molar-refractivity contribution < 1.29 is 23.8 Å². The van der Waals surface area contributed by atoms with Crippen LogP contribution in [0.2, 0.25) is 0 Å². The van der Waals surface area contributed by atoms with Gasteiger partial charge in [-0.3, -0.25) is 0 Å². The topological polar surface area (TPSA) is 91.7 Å². The van der Waals surface area contributed by atoms with Crippen molar-refractivity contribution in [2.75, 3.05) is 26.1 Å². The summed E-state index contributed by atoms with van der Waals surface area (Å²) in [5.41, 5.74) is 2.80. The van der Waals surface area contributed by atoms with Crippen LogP contribution in [0.1, 0.15) is 46.3 Å². The van der Waals surface area contributed by atoms with E-state index in [0.29, 0.717) is 23.2 Å². The molecule has 1 aliphatic heterocycles. The average Bonchev–Trinajstić information content (AvgIpc) is 3.18. The minimum atomic E-state index is -0.494. The highest BCUT2D eigenvalue weighted by atomic mass is 16.5. The number of aromatic nitrogens is 2. The Morgan fingerprint density at radius 2 is 1.90 bits per heavy atom. The minimum absolute atomic E-state index is 0.239. The first-order chi connectivity index (χ1) is 14.6. The number of methoxy groups -OCH3 is 2. The monoisotopic (exact) mass is 409 g/mol. The van der Waals surface area contributed by atoms with Gasteiger partial charge in [0.15, 0.2) is 11.9 Å². The van der Waals surface area contributed by atoms with Crippen molar-refractivity contribution in [3.05, 3.63) is 53.7 Å². The Balaban J connectivity index is 1.76. The molecule has 1 N–H and O–H groups in total. The van der Waals surface area contributed by atoms with E-state index in [1.54, 1.807) is 22.9 Å². The Morgan fingerprint density at radius 3 is 2.63 bits per heavy atom. The van der Waals surface area contributed by atoms with Crippen LogP contribution in [-0.4, -0.2) is 42.5 Å². The summed E-state index contributed by atoms with van der Waals surface area (Å²) in [4.78, 5) is 24.3. The van der Waals surface area contributed by atoms with Crippen LogP contribution in [0.5, 0.6) is 0 Å². The fraction of sp³-hybridized carbons (Fsp3) is 0.318. The van der Waals surface area contributed by atoms with Crippen LogP contribution in [-0.2, 0) is 14.2 Å². The van der Waals surface area contributed by atoms with Gasteiger partial charge in [-0.05, 0) is 49.6 Å². The maximum atomic E-state index is 12.2. The van der Waals surface area contributed by atoms with Gasteiger partial charge >= 0.3 is 11.9 Å². The van der Waals surface area contributed by atoms with E-state index in [9.17, 15) is 9.59 Å². The molecule has 1 aromatic heterocycles. The second-order valence-corrected chi connectivity index (χ2v) is 7.00. The largest absolute Gasteiger partial charge is 0.465 e. The quantitative estimate of drug-likeness (QED) is 0.636. The molecule has 0 amide bonds. The average molecular weight is 409 g/mol. The zero-order valence-corrected chi connectivity index (χ0v) is 16.9. The van der Waals surface area contributed by atoms with Gasteiger partial charge in [-0.1, -0.05) is 12.1 Å². The molecule has 0 radical (unpaired) electrons. The molecule has 156 valence electrons. The zero-order chi connectivity index (χ0) is 21.1. The van der Waals surface area contributed by atoms with Crippen molar-refractivity contribution in [2.45, 2.75) is 25.5 Å². The lowest BCUT2D eigenvalue weighted by Gasteiger charge is -2.23. The SMILES string of the molecule is COC(=O)c1ccccc1Nc1ccc2c(C(=O)OC)nn(C3CCCCO3)c2c1. The standard InChI is InChI=1S/C22H23N3O5/c1-28-21(26)15-7-3-4-8-17(15)23-14-10-11-16-18(13-14)25(19-9-5-6-12-30-19)24-20(16)22(27)29-2/h3-4,7-8,10-11,13,19,23H,5-6,9,12H2,1-2H3. The van der Waals surface area contributed by atoms with Crippen molar-refractivity contribution in [3.63, 3.8) is 0 Å². The molecular formula is C22H23N3O5. The van der Waals surface area contributed by atoms with Crippen LogP contribution in [0.4, 0.5) is 11.4 Å². The molecule has 1 fully saturated rings. The number of hydrogen-bond acceptors (Lipinski definition) is 7. The van der Waals surface area contributed by atoms with E-state index in [1.165, 1.54) is 14.2 Å². The van der Waals surface area contributed by atoms with E-state index < -0.39 is 11.9 Å². The molecule has 0 aliphatic carbocycles. The molecule has 1 saturated heterocycles. The van der Waals surface area contributed by atoms with Crippen molar-refractivity contribution in [2.24, 2.45) is 0 Å². The Bertz CT molecular complexity index is 1090. The first kappa shape index (κ1) is 19.9. The van der Waals surface area contributed by atoms with Crippen LogP contribution >= 0.6 is 0 Å². The lowest BCUT2D eigenvalue weighted by molar-refractivity contribution is -0.0369. The number of para-hydroxylation sites is 1. The van der Waals surface area contributed by atoms with E-state index in [-0.39, 0.29) is 11.9 Å². The van der Waals surface area contributed by atoms with Gasteiger partial charge in [0, 0.05) is 17.7 Å². The summed E-state index contributed by atoms with van der Waals surface area (Å²) in [6, 6.07) is 12.6. The smallest absolute Gasteiger partial charge is 0.359 e. The molecular weight excluding hydrogens is 386 g/mol. The van der Waals surface area contributed by atoms with Crippen molar-refractivity contribution in [1.29, 1.82) is 0 Å².